The number of methoxy groups -OCH3 is 1. The highest BCUT2D eigenvalue weighted by molar-refractivity contribution is 7.89. The number of carbonyl (C=O) groups excluding carboxylic acids is 1. The van der Waals surface area contributed by atoms with E-state index >= 15 is 0 Å². The number of halogens is 1. The van der Waals surface area contributed by atoms with Gasteiger partial charge in [0.15, 0.2) is 0 Å². The summed E-state index contributed by atoms with van der Waals surface area (Å²) < 4.78 is 44.3. The molecule has 2 rings (SSSR count). The zero-order valence-corrected chi connectivity index (χ0v) is 13.4. The minimum absolute atomic E-state index is 0.0332. The maximum atomic E-state index is 13.9. The third-order valence-electron chi connectivity index (χ3n) is 3.94. The number of esters is 1. The molecule has 0 aliphatic carbocycles. The van der Waals surface area contributed by atoms with Crippen molar-refractivity contribution >= 4 is 22.0 Å². The number of nitrogens with zero attached hydrogens (tertiary/aromatic N) is 1. The Bertz CT molecular complexity index is 763. The van der Waals surface area contributed by atoms with Crippen LogP contribution in [0.5, 0.6) is 0 Å². The molecule has 1 aliphatic rings. The summed E-state index contributed by atoms with van der Waals surface area (Å²) in [6.45, 7) is 1.31. The molecule has 1 saturated heterocycles. The van der Waals surface area contributed by atoms with Crippen molar-refractivity contribution in [1.82, 2.24) is 4.31 Å². The van der Waals surface area contributed by atoms with Gasteiger partial charge >= 0.3 is 11.9 Å². The van der Waals surface area contributed by atoms with Crippen molar-refractivity contribution in [2.75, 3.05) is 20.2 Å². The number of benzene rings is 1. The van der Waals surface area contributed by atoms with Gasteiger partial charge in [-0.3, -0.25) is 4.79 Å². The Morgan fingerprint density at radius 2 is 2.04 bits per heavy atom. The predicted octanol–water partition coefficient (Wildman–Crippen LogP) is 1.10. The lowest BCUT2D eigenvalue weighted by Gasteiger charge is -2.20. The summed E-state index contributed by atoms with van der Waals surface area (Å²) >= 11 is 0. The highest BCUT2D eigenvalue weighted by Gasteiger charge is 2.45. The Balaban J connectivity index is 2.33. The van der Waals surface area contributed by atoms with Crippen molar-refractivity contribution < 1.29 is 32.2 Å². The van der Waals surface area contributed by atoms with Gasteiger partial charge in [0, 0.05) is 13.1 Å². The SMILES string of the molecule is COC(=O)c1ccc(S(=O)(=O)N2CCC(C)(C(=O)O)C2)cc1F. The van der Waals surface area contributed by atoms with E-state index in [1.165, 1.54) is 6.92 Å². The van der Waals surface area contributed by atoms with Crippen LogP contribution in [0.15, 0.2) is 23.1 Å². The zero-order chi connectivity index (χ0) is 17.4. The zero-order valence-electron chi connectivity index (χ0n) is 12.6. The van der Waals surface area contributed by atoms with Crippen molar-refractivity contribution in [1.29, 1.82) is 0 Å². The van der Waals surface area contributed by atoms with E-state index in [9.17, 15) is 22.4 Å². The molecule has 1 N–H and O–H groups in total. The van der Waals surface area contributed by atoms with Crippen LogP contribution < -0.4 is 0 Å². The lowest BCUT2D eigenvalue weighted by atomic mass is 9.90. The summed E-state index contributed by atoms with van der Waals surface area (Å²) in [7, 11) is -2.95. The first kappa shape index (κ1) is 17.4. The normalized spacial score (nSPS) is 22.0. The van der Waals surface area contributed by atoms with Crippen LogP contribution >= 0.6 is 0 Å². The van der Waals surface area contributed by atoms with E-state index in [4.69, 9.17) is 5.11 Å². The van der Waals surface area contributed by atoms with Gasteiger partial charge in [-0.2, -0.15) is 4.31 Å². The molecular weight excluding hydrogens is 329 g/mol. The molecule has 7 nitrogen and oxygen atoms in total. The van der Waals surface area contributed by atoms with E-state index < -0.39 is 33.2 Å². The molecule has 126 valence electrons. The summed E-state index contributed by atoms with van der Waals surface area (Å²) in [6.07, 6.45) is 0.171. The predicted molar refractivity (Wildman–Crippen MR) is 76.9 cm³/mol. The number of carboxylic acid groups (broad SMARTS) is 1. The largest absolute Gasteiger partial charge is 0.481 e. The number of carboxylic acids is 1. The Kier molecular flexibility index (Phi) is 4.45. The van der Waals surface area contributed by atoms with Crippen molar-refractivity contribution in [2.24, 2.45) is 5.41 Å². The fourth-order valence-corrected chi connectivity index (χ4v) is 3.96. The molecule has 9 heteroatoms. The molecule has 1 fully saturated rings. The topological polar surface area (TPSA) is 101 Å². The van der Waals surface area contributed by atoms with Gasteiger partial charge < -0.3 is 9.84 Å². The molecule has 1 atom stereocenters. The third kappa shape index (κ3) is 3.06. The highest BCUT2D eigenvalue weighted by Crippen LogP contribution is 2.34. The van der Waals surface area contributed by atoms with E-state index in [0.717, 1.165) is 29.6 Å². The van der Waals surface area contributed by atoms with Crippen molar-refractivity contribution in [3.8, 4) is 0 Å². The van der Waals surface area contributed by atoms with E-state index in [1.54, 1.807) is 0 Å². The molecule has 1 unspecified atom stereocenters. The summed E-state index contributed by atoms with van der Waals surface area (Å²) in [5.41, 5.74) is -1.54. The quantitative estimate of drug-likeness (QED) is 0.820. The Hall–Kier alpha value is -2.00. The van der Waals surface area contributed by atoms with Crippen LogP contribution in [0.2, 0.25) is 0 Å². The van der Waals surface area contributed by atoms with Gasteiger partial charge in [0.2, 0.25) is 10.0 Å². The van der Waals surface area contributed by atoms with Gasteiger partial charge in [0.25, 0.3) is 0 Å². The molecule has 23 heavy (non-hydrogen) atoms. The summed E-state index contributed by atoms with van der Waals surface area (Å²) in [6, 6.07) is 2.86. The monoisotopic (exact) mass is 345 g/mol. The van der Waals surface area contributed by atoms with Crippen LogP contribution in [0.25, 0.3) is 0 Å². The van der Waals surface area contributed by atoms with Crippen LogP contribution in [-0.4, -0.2) is 50.0 Å². The van der Waals surface area contributed by atoms with E-state index in [1.807, 2.05) is 0 Å². The van der Waals surface area contributed by atoms with Gasteiger partial charge in [-0.05, 0) is 31.5 Å². The van der Waals surface area contributed by atoms with Crippen LogP contribution in [0.1, 0.15) is 23.7 Å². The van der Waals surface area contributed by atoms with Gasteiger partial charge in [-0.1, -0.05) is 0 Å². The third-order valence-corrected chi connectivity index (χ3v) is 5.78. The number of ether oxygens (including phenoxy) is 1. The molecule has 0 bridgehead atoms. The molecule has 0 radical (unpaired) electrons. The van der Waals surface area contributed by atoms with Crippen LogP contribution in [0.3, 0.4) is 0 Å². The maximum Gasteiger partial charge on any atom is 0.340 e. The Morgan fingerprint density at radius 3 is 2.52 bits per heavy atom. The van der Waals surface area contributed by atoms with Crippen LogP contribution in [-0.2, 0) is 19.6 Å². The van der Waals surface area contributed by atoms with Gasteiger partial charge in [-0.25, -0.2) is 17.6 Å². The van der Waals surface area contributed by atoms with E-state index in [0.29, 0.717) is 0 Å². The second-order valence-corrected chi connectivity index (χ2v) is 7.53. The van der Waals surface area contributed by atoms with Crippen LogP contribution in [0, 0.1) is 11.2 Å². The first-order valence-corrected chi connectivity index (χ1v) is 8.17. The summed E-state index contributed by atoms with van der Waals surface area (Å²) in [5.74, 6) is -3.01. The molecule has 0 spiro atoms. The summed E-state index contributed by atoms with van der Waals surface area (Å²) in [5, 5.41) is 9.16. The number of rotatable bonds is 4. The number of sulfonamides is 1. The van der Waals surface area contributed by atoms with Crippen molar-refractivity contribution in [2.45, 2.75) is 18.2 Å². The van der Waals surface area contributed by atoms with Crippen molar-refractivity contribution in [3.05, 3.63) is 29.6 Å². The second-order valence-electron chi connectivity index (χ2n) is 5.59. The first-order valence-electron chi connectivity index (χ1n) is 6.73. The number of aliphatic carboxylic acids is 1. The number of hydrogen-bond acceptors (Lipinski definition) is 5. The molecule has 0 saturated carbocycles. The lowest BCUT2D eigenvalue weighted by Crippen LogP contribution is -2.35. The maximum absolute atomic E-state index is 13.9. The standard InChI is InChI=1S/C14H16FNO6S/c1-14(13(18)19)5-6-16(8-14)23(20,21)9-3-4-10(11(15)7-9)12(17)22-2/h3-4,7H,5-6,8H2,1-2H3,(H,18,19). The molecule has 1 aromatic rings. The average Bonchev–Trinajstić information content (AvgIpc) is 2.91. The fraction of sp³-hybridized carbons (Fsp3) is 0.429. The van der Waals surface area contributed by atoms with Crippen molar-refractivity contribution in [3.63, 3.8) is 0 Å². The lowest BCUT2D eigenvalue weighted by molar-refractivity contribution is -0.146. The fourth-order valence-electron chi connectivity index (χ4n) is 2.38. The number of carbonyl (C=O) groups is 2. The molecule has 0 amide bonds. The Labute approximate surface area is 132 Å². The van der Waals surface area contributed by atoms with Gasteiger partial charge in [-0.15, -0.1) is 0 Å². The van der Waals surface area contributed by atoms with Crippen LogP contribution in [0.4, 0.5) is 4.39 Å². The Morgan fingerprint density at radius 1 is 1.39 bits per heavy atom. The highest BCUT2D eigenvalue weighted by atomic mass is 32.2. The average molecular weight is 345 g/mol. The minimum atomic E-state index is -4.04. The van der Waals surface area contributed by atoms with Gasteiger partial charge in [0.1, 0.15) is 5.82 Å². The second kappa shape index (κ2) is 5.89. The molecule has 1 aliphatic heterocycles. The first-order chi connectivity index (χ1) is 10.6. The molecule has 1 heterocycles. The number of hydrogen-bond donors (Lipinski definition) is 1. The summed E-state index contributed by atoms with van der Waals surface area (Å²) in [4.78, 5) is 22.2. The van der Waals surface area contributed by atoms with E-state index in [2.05, 4.69) is 4.74 Å². The van der Waals surface area contributed by atoms with Gasteiger partial charge in [0.05, 0.1) is 23.0 Å². The molecule has 0 aromatic heterocycles. The van der Waals surface area contributed by atoms with E-state index in [-0.39, 0.29) is 30.0 Å². The molecule has 1 aromatic carbocycles. The molecular formula is C14H16FNO6S. The smallest absolute Gasteiger partial charge is 0.340 e. The minimum Gasteiger partial charge on any atom is -0.481 e.